The molecule has 0 amide bonds. The first-order valence-corrected chi connectivity index (χ1v) is 9.59. The number of quaternary nitrogens is 1. The van der Waals surface area contributed by atoms with Crippen LogP contribution in [0.25, 0.3) is 0 Å². The summed E-state index contributed by atoms with van der Waals surface area (Å²) in [5.41, 5.74) is -1.22. The second kappa shape index (κ2) is 12.5. The van der Waals surface area contributed by atoms with Crippen molar-refractivity contribution < 1.29 is 48.6 Å². The van der Waals surface area contributed by atoms with Gasteiger partial charge in [-0.05, 0) is 11.6 Å². The van der Waals surface area contributed by atoms with E-state index in [0.29, 0.717) is 12.3 Å². The standard InChI is InChI=1S/C15H21N3O.C6H8O7/c1-17(2)11-12-19-15(13-7-5-4-6-8-13)14-9-10-16-18(14)3;7-3(8)1-6(13,5(11)12)2-4(9)10/h4-10,15H,11-12H2,1-3H3;13H,1-2H2,(H,7,8)(H,9,10)(H,11,12)/p+2/i3D3;. The van der Waals surface area contributed by atoms with Gasteiger partial charge in [0, 0.05) is 22.1 Å². The highest BCUT2D eigenvalue weighted by atomic mass is 16.5. The van der Waals surface area contributed by atoms with Gasteiger partial charge >= 0.3 is 17.9 Å². The maximum Gasteiger partial charge on any atom is 0.519 e. The lowest BCUT2D eigenvalue weighted by Gasteiger charge is -2.19. The molecule has 0 aliphatic carbocycles. The molecule has 0 fully saturated rings. The number of aryl methyl sites for hydroxylation is 1. The molecule has 1 heterocycles. The van der Waals surface area contributed by atoms with E-state index in [1.165, 1.54) is 11.1 Å². The van der Waals surface area contributed by atoms with Crippen molar-refractivity contribution in [2.24, 2.45) is 6.98 Å². The first-order chi connectivity index (χ1) is 16.2. The van der Waals surface area contributed by atoms with Gasteiger partial charge < -0.3 is 30.1 Å². The number of benzene rings is 1. The van der Waals surface area contributed by atoms with Gasteiger partial charge in [-0.3, -0.25) is 9.48 Å². The average molecular weight is 457 g/mol. The topological polar surface area (TPSA) is 166 Å². The molecule has 11 heteroatoms. The number of likely N-dealkylation sites (N-methyl/N-ethyl adjacent to an activating group) is 1. The summed E-state index contributed by atoms with van der Waals surface area (Å²) in [7, 11) is 4.10. The molecule has 1 aromatic heterocycles. The first kappa shape index (κ1) is 21.9. The van der Waals surface area contributed by atoms with Crippen LogP contribution in [0.15, 0.2) is 42.6 Å². The fraction of sp³-hybridized carbons (Fsp3) is 0.429. The SMILES string of the molecule is O=C(O)CC(O)(CC(=O)[OH2+])C(=O)O.[2H]C([2H])([2H])n1nccc1C(OCC[NH+](C)C)c1ccccc1. The Bertz CT molecular complexity index is 964. The molecular formula is C21H31N3O8+2. The number of hydrogen-bond acceptors (Lipinski definition) is 6. The van der Waals surface area contributed by atoms with Crippen molar-refractivity contribution in [3.8, 4) is 0 Å². The molecule has 0 bridgehead atoms. The molecule has 32 heavy (non-hydrogen) atoms. The fourth-order valence-corrected chi connectivity index (χ4v) is 2.60. The number of nitrogens with zero attached hydrogens (tertiary/aromatic N) is 2. The smallest absolute Gasteiger partial charge is 0.519 e. The third-order valence-corrected chi connectivity index (χ3v) is 4.22. The molecule has 0 spiro atoms. The van der Waals surface area contributed by atoms with Crippen molar-refractivity contribution in [2.45, 2.75) is 24.5 Å². The number of carbonyl (C=O) groups is 3. The summed E-state index contributed by atoms with van der Waals surface area (Å²) in [5, 5.41) is 36.1. The quantitative estimate of drug-likeness (QED) is 0.299. The number of nitrogens with one attached hydrogen (secondary N) is 1. The van der Waals surface area contributed by atoms with Crippen molar-refractivity contribution in [1.29, 1.82) is 0 Å². The Morgan fingerprint density at radius 1 is 1.22 bits per heavy atom. The Kier molecular flexibility index (Phi) is 8.60. The summed E-state index contributed by atoms with van der Waals surface area (Å²) in [4.78, 5) is 31.9. The minimum Gasteiger partial charge on any atom is -0.565 e. The summed E-state index contributed by atoms with van der Waals surface area (Å²) in [6.45, 7) is -0.943. The molecule has 2 atom stereocenters. The van der Waals surface area contributed by atoms with Gasteiger partial charge in [-0.1, -0.05) is 30.3 Å². The highest BCUT2D eigenvalue weighted by Crippen LogP contribution is 2.24. The molecule has 0 aliphatic heterocycles. The maximum atomic E-state index is 10.3. The van der Waals surface area contributed by atoms with Gasteiger partial charge in [-0.15, -0.1) is 0 Å². The number of carboxylic acid groups (broad SMARTS) is 2. The van der Waals surface area contributed by atoms with Gasteiger partial charge in [-0.25, -0.2) is 4.79 Å². The molecule has 176 valence electrons. The van der Waals surface area contributed by atoms with E-state index in [1.807, 2.05) is 44.4 Å². The van der Waals surface area contributed by atoms with E-state index >= 15 is 0 Å². The molecular weight excluding hydrogens is 422 g/mol. The number of aliphatic carboxylic acids is 2. The maximum absolute atomic E-state index is 10.3. The number of carboxylic acids is 2. The zero-order valence-electron chi connectivity index (χ0n) is 20.8. The van der Waals surface area contributed by atoms with Crippen molar-refractivity contribution in [3.63, 3.8) is 0 Å². The van der Waals surface area contributed by atoms with E-state index in [0.717, 1.165) is 16.8 Å². The van der Waals surface area contributed by atoms with Crippen LogP contribution in [0.4, 0.5) is 0 Å². The van der Waals surface area contributed by atoms with Crippen LogP contribution in [0.5, 0.6) is 0 Å². The second-order valence-corrected chi connectivity index (χ2v) is 7.29. The average Bonchev–Trinajstić information content (AvgIpc) is 3.21. The molecule has 2 unspecified atom stereocenters. The molecule has 11 nitrogen and oxygen atoms in total. The summed E-state index contributed by atoms with van der Waals surface area (Å²) >= 11 is 0. The Hall–Kier alpha value is -3.28. The van der Waals surface area contributed by atoms with Crippen LogP contribution >= 0.6 is 0 Å². The number of carbonyl (C=O) groups excluding carboxylic acids is 1. The predicted molar refractivity (Wildman–Crippen MR) is 113 cm³/mol. The lowest BCUT2D eigenvalue weighted by molar-refractivity contribution is -0.858. The van der Waals surface area contributed by atoms with E-state index in [-0.39, 0.29) is 0 Å². The third kappa shape index (κ3) is 8.84. The number of rotatable bonds is 11. The van der Waals surface area contributed by atoms with Crippen molar-refractivity contribution in [1.82, 2.24) is 9.78 Å². The number of aliphatic hydroxyl groups is 1. The first-order valence-electron chi connectivity index (χ1n) is 11.1. The Balaban J connectivity index is 0.000000405. The van der Waals surface area contributed by atoms with Gasteiger partial charge in [0.2, 0.25) is 0 Å². The minimum atomic E-state index is -2.68. The van der Waals surface area contributed by atoms with Crippen LogP contribution in [0.2, 0.25) is 0 Å². The lowest BCUT2D eigenvalue weighted by Crippen LogP contribution is -3.06. The number of aromatic nitrogens is 2. The zero-order valence-corrected chi connectivity index (χ0v) is 17.8. The van der Waals surface area contributed by atoms with E-state index < -0.39 is 49.4 Å². The number of hydrogen-bond donors (Lipinski definition) is 4. The van der Waals surface area contributed by atoms with Crippen molar-refractivity contribution >= 4 is 17.9 Å². The lowest BCUT2D eigenvalue weighted by atomic mass is 9.96. The number of ether oxygens (including phenoxy) is 1. The van der Waals surface area contributed by atoms with Crippen molar-refractivity contribution in [3.05, 3.63) is 53.9 Å². The van der Waals surface area contributed by atoms with Crippen LogP contribution in [0.3, 0.4) is 0 Å². The van der Waals surface area contributed by atoms with Gasteiger partial charge in [0.15, 0.2) is 5.60 Å². The molecule has 0 aliphatic rings. The zero-order chi connectivity index (χ0) is 26.8. The highest BCUT2D eigenvalue weighted by Gasteiger charge is 2.43. The molecule has 0 saturated carbocycles. The summed E-state index contributed by atoms with van der Waals surface area (Å²) in [5.74, 6) is -4.70. The minimum absolute atomic E-state index is 0.441. The normalized spacial score (nSPS) is 15.3. The van der Waals surface area contributed by atoms with E-state index in [9.17, 15) is 14.4 Å². The van der Waals surface area contributed by atoms with E-state index in [2.05, 4.69) is 5.10 Å². The third-order valence-electron chi connectivity index (χ3n) is 4.22. The van der Waals surface area contributed by atoms with Crippen molar-refractivity contribution in [2.75, 3.05) is 27.2 Å². The predicted octanol–water partition coefficient (Wildman–Crippen LogP) is -1.41. The summed E-state index contributed by atoms with van der Waals surface area (Å²) in [6, 6.07) is 11.3. The molecule has 6 N–H and O–H groups in total. The largest absolute Gasteiger partial charge is 0.565 e. The summed E-state index contributed by atoms with van der Waals surface area (Å²) in [6.07, 6.45) is -1.08. The van der Waals surface area contributed by atoms with Gasteiger partial charge in [-0.2, -0.15) is 5.10 Å². The van der Waals surface area contributed by atoms with Crippen LogP contribution in [-0.4, -0.2) is 81.0 Å². The molecule has 1 aromatic carbocycles. The van der Waals surface area contributed by atoms with Gasteiger partial charge in [0.1, 0.15) is 19.1 Å². The van der Waals surface area contributed by atoms with E-state index in [4.69, 9.17) is 29.3 Å². The Morgan fingerprint density at radius 2 is 1.88 bits per heavy atom. The second-order valence-electron chi connectivity index (χ2n) is 7.29. The Labute approximate surface area is 189 Å². The van der Waals surface area contributed by atoms with Gasteiger partial charge in [0.25, 0.3) is 0 Å². The molecule has 2 aromatic rings. The van der Waals surface area contributed by atoms with Crippen LogP contribution in [0, 0.1) is 0 Å². The molecule has 0 saturated heterocycles. The van der Waals surface area contributed by atoms with Crippen LogP contribution in [-0.2, 0) is 26.1 Å². The van der Waals surface area contributed by atoms with Gasteiger partial charge in [0.05, 0.1) is 32.8 Å². The van der Waals surface area contributed by atoms with Crippen LogP contribution in [0.1, 0.15) is 34.3 Å². The Morgan fingerprint density at radius 3 is 2.38 bits per heavy atom. The monoisotopic (exact) mass is 456 g/mol. The fourth-order valence-electron chi connectivity index (χ4n) is 2.60. The molecule has 2 rings (SSSR count). The van der Waals surface area contributed by atoms with E-state index in [1.54, 1.807) is 6.07 Å². The molecule has 0 radical (unpaired) electrons. The van der Waals surface area contributed by atoms with Crippen LogP contribution < -0.4 is 4.90 Å². The highest BCUT2D eigenvalue weighted by molar-refractivity contribution is 5.88. The summed E-state index contributed by atoms with van der Waals surface area (Å²) < 4.78 is 29.9.